The Hall–Kier alpha value is -1.25. The van der Waals surface area contributed by atoms with Crippen LogP contribution in [0.15, 0.2) is 18.3 Å². The van der Waals surface area contributed by atoms with Crippen molar-refractivity contribution in [1.82, 2.24) is 4.98 Å². The highest BCUT2D eigenvalue weighted by molar-refractivity contribution is 5.44. The van der Waals surface area contributed by atoms with Crippen molar-refractivity contribution in [3.8, 4) is 0 Å². The van der Waals surface area contributed by atoms with Gasteiger partial charge in [-0.25, -0.2) is 4.98 Å². The molecule has 72 valence electrons. The normalized spacial score (nSPS) is 11.3. The molecule has 0 radical (unpaired) electrons. The van der Waals surface area contributed by atoms with Gasteiger partial charge in [-0.2, -0.15) is 0 Å². The Labute approximate surface area is 79.4 Å². The van der Waals surface area contributed by atoms with Crippen molar-refractivity contribution in [2.45, 2.75) is 32.7 Å². The van der Waals surface area contributed by atoms with E-state index in [0.717, 1.165) is 12.2 Å². The predicted molar refractivity (Wildman–Crippen MR) is 56.6 cm³/mol. The number of nitrogen functional groups attached to an aromatic ring is 1. The van der Waals surface area contributed by atoms with Gasteiger partial charge in [0, 0.05) is 5.54 Å². The molecule has 0 fully saturated rings. The number of hydrogen-bond acceptors (Lipinski definition) is 3. The molecule has 0 saturated heterocycles. The number of pyridine rings is 1. The molecule has 1 rings (SSSR count). The van der Waals surface area contributed by atoms with Crippen LogP contribution in [0.4, 0.5) is 11.5 Å². The van der Waals surface area contributed by atoms with Crippen molar-refractivity contribution in [3.63, 3.8) is 0 Å². The highest BCUT2D eigenvalue weighted by atomic mass is 15.0. The first kappa shape index (κ1) is 9.84. The lowest BCUT2D eigenvalue weighted by Crippen LogP contribution is -2.30. The van der Waals surface area contributed by atoms with Crippen molar-refractivity contribution in [1.29, 1.82) is 0 Å². The van der Waals surface area contributed by atoms with Gasteiger partial charge in [-0.05, 0) is 32.4 Å². The molecule has 0 bridgehead atoms. The first-order chi connectivity index (χ1) is 6.03. The molecule has 0 spiro atoms. The quantitative estimate of drug-likeness (QED) is 0.748. The van der Waals surface area contributed by atoms with Crippen LogP contribution in [-0.2, 0) is 0 Å². The van der Waals surface area contributed by atoms with E-state index in [9.17, 15) is 0 Å². The molecule has 0 aromatic carbocycles. The zero-order valence-electron chi connectivity index (χ0n) is 8.46. The van der Waals surface area contributed by atoms with E-state index < -0.39 is 0 Å². The van der Waals surface area contributed by atoms with Gasteiger partial charge in [0.1, 0.15) is 5.82 Å². The molecule has 3 N–H and O–H groups in total. The van der Waals surface area contributed by atoms with Gasteiger partial charge in [-0.3, -0.25) is 0 Å². The zero-order valence-corrected chi connectivity index (χ0v) is 8.46. The van der Waals surface area contributed by atoms with E-state index in [1.807, 2.05) is 12.1 Å². The molecule has 0 aliphatic heterocycles. The number of anilines is 2. The number of rotatable bonds is 3. The molecule has 1 aromatic heterocycles. The largest absolute Gasteiger partial charge is 0.397 e. The number of aromatic nitrogens is 1. The number of nitrogens with one attached hydrogen (secondary N) is 1. The van der Waals surface area contributed by atoms with Crippen LogP contribution in [0.2, 0.25) is 0 Å². The SMILES string of the molecule is CCC(C)(C)Nc1ccc(N)cn1. The van der Waals surface area contributed by atoms with Crippen LogP contribution < -0.4 is 11.1 Å². The summed E-state index contributed by atoms with van der Waals surface area (Å²) in [5.74, 6) is 0.876. The van der Waals surface area contributed by atoms with Gasteiger partial charge in [0.15, 0.2) is 0 Å². The highest BCUT2D eigenvalue weighted by Gasteiger charge is 2.14. The number of hydrogen-bond donors (Lipinski definition) is 2. The summed E-state index contributed by atoms with van der Waals surface area (Å²) in [6, 6.07) is 3.74. The van der Waals surface area contributed by atoms with Gasteiger partial charge in [0.2, 0.25) is 0 Å². The smallest absolute Gasteiger partial charge is 0.126 e. The van der Waals surface area contributed by atoms with Crippen LogP contribution >= 0.6 is 0 Å². The minimum absolute atomic E-state index is 0.0864. The molecule has 0 unspecified atom stereocenters. The maximum Gasteiger partial charge on any atom is 0.126 e. The van der Waals surface area contributed by atoms with E-state index in [2.05, 4.69) is 31.1 Å². The maximum absolute atomic E-state index is 5.53. The first-order valence-corrected chi connectivity index (χ1v) is 4.53. The van der Waals surface area contributed by atoms with Crippen LogP contribution in [0.5, 0.6) is 0 Å². The molecule has 0 amide bonds. The second kappa shape index (κ2) is 3.64. The Kier molecular flexibility index (Phi) is 2.76. The topological polar surface area (TPSA) is 50.9 Å². The van der Waals surface area contributed by atoms with E-state index in [1.54, 1.807) is 6.20 Å². The molecular weight excluding hydrogens is 162 g/mol. The molecule has 0 aliphatic carbocycles. The summed E-state index contributed by atoms with van der Waals surface area (Å²) in [5, 5.41) is 3.33. The third-order valence-electron chi connectivity index (χ3n) is 2.14. The van der Waals surface area contributed by atoms with Crippen molar-refractivity contribution in [2.24, 2.45) is 0 Å². The van der Waals surface area contributed by atoms with Gasteiger partial charge in [-0.15, -0.1) is 0 Å². The van der Waals surface area contributed by atoms with Crippen LogP contribution in [0.25, 0.3) is 0 Å². The fraction of sp³-hybridized carbons (Fsp3) is 0.500. The van der Waals surface area contributed by atoms with Crippen LogP contribution in [0.1, 0.15) is 27.2 Å². The maximum atomic E-state index is 5.53. The van der Waals surface area contributed by atoms with Crippen molar-refractivity contribution < 1.29 is 0 Å². The molecule has 1 heterocycles. The van der Waals surface area contributed by atoms with E-state index in [1.165, 1.54) is 0 Å². The summed E-state index contributed by atoms with van der Waals surface area (Å²) in [4.78, 5) is 4.18. The fourth-order valence-electron chi connectivity index (χ4n) is 0.914. The van der Waals surface area contributed by atoms with E-state index in [-0.39, 0.29) is 5.54 Å². The molecule has 13 heavy (non-hydrogen) atoms. The zero-order chi connectivity index (χ0) is 9.90. The second-order valence-electron chi connectivity index (χ2n) is 3.84. The summed E-state index contributed by atoms with van der Waals surface area (Å²) < 4.78 is 0. The molecular formula is C10H17N3. The van der Waals surface area contributed by atoms with Gasteiger partial charge in [0.05, 0.1) is 11.9 Å². The Morgan fingerprint density at radius 1 is 1.46 bits per heavy atom. The summed E-state index contributed by atoms with van der Waals surface area (Å²) in [5.41, 5.74) is 6.31. The minimum Gasteiger partial charge on any atom is -0.397 e. The predicted octanol–water partition coefficient (Wildman–Crippen LogP) is 2.26. The third-order valence-corrected chi connectivity index (χ3v) is 2.14. The van der Waals surface area contributed by atoms with Crippen molar-refractivity contribution >= 4 is 11.5 Å². The minimum atomic E-state index is 0.0864. The third kappa shape index (κ3) is 2.93. The number of nitrogens with zero attached hydrogens (tertiary/aromatic N) is 1. The van der Waals surface area contributed by atoms with Gasteiger partial charge < -0.3 is 11.1 Å². The summed E-state index contributed by atoms with van der Waals surface area (Å²) >= 11 is 0. The molecule has 3 nitrogen and oxygen atoms in total. The molecule has 0 atom stereocenters. The van der Waals surface area contributed by atoms with Crippen LogP contribution in [0, 0.1) is 0 Å². The Morgan fingerprint density at radius 2 is 2.15 bits per heavy atom. The summed E-state index contributed by atoms with van der Waals surface area (Å²) in [6.07, 6.45) is 2.72. The highest BCUT2D eigenvalue weighted by Crippen LogP contribution is 2.16. The van der Waals surface area contributed by atoms with Crippen molar-refractivity contribution in [3.05, 3.63) is 18.3 Å². The first-order valence-electron chi connectivity index (χ1n) is 4.53. The fourth-order valence-corrected chi connectivity index (χ4v) is 0.914. The average Bonchev–Trinajstić information content (AvgIpc) is 2.09. The molecule has 0 saturated carbocycles. The summed E-state index contributed by atoms with van der Waals surface area (Å²) in [6.45, 7) is 6.43. The van der Waals surface area contributed by atoms with Crippen LogP contribution in [0.3, 0.4) is 0 Å². The lowest BCUT2D eigenvalue weighted by Gasteiger charge is -2.25. The lowest BCUT2D eigenvalue weighted by molar-refractivity contribution is 0.545. The van der Waals surface area contributed by atoms with Gasteiger partial charge in [0.25, 0.3) is 0 Å². The van der Waals surface area contributed by atoms with Crippen LogP contribution in [-0.4, -0.2) is 10.5 Å². The Bertz CT molecular complexity index is 264. The summed E-state index contributed by atoms with van der Waals surface area (Å²) in [7, 11) is 0. The Morgan fingerprint density at radius 3 is 2.62 bits per heavy atom. The van der Waals surface area contributed by atoms with Gasteiger partial charge >= 0.3 is 0 Å². The monoisotopic (exact) mass is 179 g/mol. The lowest BCUT2D eigenvalue weighted by atomic mass is 10.0. The standard InChI is InChI=1S/C10H17N3/c1-4-10(2,3)13-9-6-5-8(11)7-12-9/h5-7H,4,11H2,1-3H3,(H,12,13). The second-order valence-corrected chi connectivity index (χ2v) is 3.84. The average molecular weight is 179 g/mol. The molecule has 0 aliphatic rings. The number of nitrogens with two attached hydrogens (primary N) is 1. The van der Waals surface area contributed by atoms with Crippen molar-refractivity contribution in [2.75, 3.05) is 11.1 Å². The molecule has 1 aromatic rings. The van der Waals surface area contributed by atoms with E-state index in [4.69, 9.17) is 5.73 Å². The Balaban J connectivity index is 2.69. The van der Waals surface area contributed by atoms with E-state index in [0.29, 0.717) is 5.69 Å². The van der Waals surface area contributed by atoms with Gasteiger partial charge in [-0.1, -0.05) is 6.92 Å². The van der Waals surface area contributed by atoms with E-state index >= 15 is 0 Å². The molecule has 3 heteroatoms.